The van der Waals surface area contributed by atoms with Crippen molar-refractivity contribution in [2.45, 2.75) is 18.7 Å². The minimum Gasteiger partial charge on any atom is -0.593 e. The molecule has 0 saturated heterocycles. The third-order valence-corrected chi connectivity index (χ3v) is 4.10. The molecule has 2 N–H and O–H groups in total. The number of hydrogen-bond acceptors (Lipinski definition) is 3. The summed E-state index contributed by atoms with van der Waals surface area (Å²) in [6.45, 7) is 3.67. The maximum Gasteiger partial charge on any atom is 2.00 e. The molecule has 6 heteroatoms. The van der Waals surface area contributed by atoms with Crippen molar-refractivity contribution >= 4 is 35.0 Å². The fourth-order valence-electron chi connectivity index (χ4n) is 2.55. The topological polar surface area (TPSA) is 65.5 Å². The molecule has 2 aromatic carbocycles. The van der Waals surface area contributed by atoms with Crippen molar-refractivity contribution in [1.82, 2.24) is 0 Å². The van der Waals surface area contributed by atoms with E-state index in [2.05, 4.69) is 17.6 Å². The fraction of sp³-hybridized carbons (Fsp3) is 0.111. The van der Waals surface area contributed by atoms with Crippen LogP contribution in [0.3, 0.4) is 0 Å². The third kappa shape index (κ3) is 3.40. The Kier molecular flexibility index (Phi) is 5.52. The van der Waals surface area contributed by atoms with Gasteiger partial charge in [0.25, 0.3) is 5.75 Å². The van der Waals surface area contributed by atoms with Crippen LogP contribution in [0.5, 0.6) is 5.75 Å². The van der Waals surface area contributed by atoms with Gasteiger partial charge in [-0.05, 0) is 50.2 Å². The fourth-order valence-corrected chi connectivity index (χ4v) is 2.79. The molecule has 24 heavy (non-hydrogen) atoms. The number of aryl methyl sites for hydroxylation is 1. The molecule has 3 rings (SSSR count). The number of benzene rings is 2. The van der Waals surface area contributed by atoms with Gasteiger partial charge in [0.15, 0.2) is 10.5 Å². The van der Waals surface area contributed by atoms with Gasteiger partial charge in [-0.15, -0.1) is 0 Å². The van der Waals surface area contributed by atoms with Gasteiger partial charge < -0.3 is 9.52 Å². The summed E-state index contributed by atoms with van der Waals surface area (Å²) in [5, 5.41) is 9.01. The van der Waals surface area contributed by atoms with Gasteiger partial charge in [0.05, 0.1) is 5.71 Å². The molecule has 0 bridgehead atoms. The van der Waals surface area contributed by atoms with Crippen molar-refractivity contribution < 1.29 is 26.0 Å². The van der Waals surface area contributed by atoms with Crippen LogP contribution in [0.4, 0.5) is 5.69 Å². The van der Waals surface area contributed by atoms with Gasteiger partial charge in [-0.2, -0.15) is 0 Å². The zero-order chi connectivity index (χ0) is 16.6. The molecule has 0 radical (unpaired) electrons. The monoisotopic (exact) mass is 385 g/mol. The molecule has 0 unspecified atom stereocenters. The molecular weight excluding hydrogens is 369 g/mol. The van der Waals surface area contributed by atoms with E-state index in [0.29, 0.717) is 16.9 Å². The number of nitrogens with zero attached hydrogens (tertiary/aromatic N) is 1. The van der Waals surface area contributed by atoms with Gasteiger partial charge in [0, 0.05) is 17.5 Å². The second kappa shape index (κ2) is 7.24. The molecule has 3 aromatic rings. The molecule has 0 fully saturated rings. The van der Waals surface area contributed by atoms with Crippen molar-refractivity contribution in [3.63, 3.8) is 0 Å². The van der Waals surface area contributed by atoms with Crippen LogP contribution in [-0.4, -0.2) is 10.8 Å². The minimum atomic E-state index is -0.421. The standard InChI is InChI=1S/C18H15NO3S.Ni/c1-10-9-16(21)22-18-12(10)7-8-14(20)17(18)11(2)19-13-5-3-4-6-15(13)23;/h3-9,20,23H,1-2H3;/q;+2/p+2. The van der Waals surface area contributed by atoms with Gasteiger partial charge in [-0.3, -0.25) is 0 Å². The van der Waals surface area contributed by atoms with Gasteiger partial charge in [0.2, 0.25) is 0 Å². The van der Waals surface area contributed by atoms with Crippen molar-refractivity contribution in [1.29, 1.82) is 0 Å². The Morgan fingerprint density at radius 2 is 1.92 bits per heavy atom. The largest absolute Gasteiger partial charge is 2.00 e. The predicted molar refractivity (Wildman–Crippen MR) is 97.0 cm³/mol. The Morgan fingerprint density at radius 3 is 2.62 bits per heavy atom. The minimum absolute atomic E-state index is 0. The summed E-state index contributed by atoms with van der Waals surface area (Å²) in [5.41, 5.74) is 2.74. The summed E-state index contributed by atoms with van der Waals surface area (Å²) >= 11 is 3.52. The van der Waals surface area contributed by atoms with Crippen LogP contribution in [0, 0.1) is 6.92 Å². The molecule has 0 amide bonds. The maximum atomic E-state index is 11.7. The van der Waals surface area contributed by atoms with Crippen molar-refractivity contribution in [3.05, 3.63) is 64.0 Å². The van der Waals surface area contributed by atoms with E-state index in [1.807, 2.05) is 38.1 Å². The summed E-state index contributed by atoms with van der Waals surface area (Å²) in [7, 11) is 0. The first-order valence-electron chi connectivity index (χ1n) is 7.12. The first-order valence-corrected chi connectivity index (χ1v) is 7.62. The van der Waals surface area contributed by atoms with Gasteiger partial charge in [-0.1, -0.05) is 12.1 Å². The second-order valence-electron chi connectivity index (χ2n) is 5.33. The molecule has 0 aliphatic carbocycles. The number of para-hydroxylation sites is 1. The van der Waals surface area contributed by atoms with E-state index in [-0.39, 0.29) is 22.2 Å². The Labute approximate surface area is 154 Å². The van der Waals surface area contributed by atoms with E-state index < -0.39 is 5.63 Å². The maximum absolute atomic E-state index is 11.7. The number of hydrogen-bond donors (Lipinski definition) is 0. The zero-order valence-corrected chi connectivity index (χ0v) is 15.1. The molecule has 0 aliphatic heterocycles. The Hall–Kier alpha value is -2.04. The van der Waals surface area contributed by atoms with Gasteiger partial charge in [0.1, 0.15) is 11.3 Å². The predicted octanol–water partition coefficient (Wildman–Crippen LogP) is 3.05. The van der Waals surface area contributed by atoms with Crippen LogP contribution in [0.1, 0.15) is 18.1 Å². The van der Waals surface area contributed by atoms with Crippen molar-refractivity contribution in [3.8, 4) is 5.75 Å². The average molecular weight is 386 g/mol. The molecule has 124 valence electrons. The number of rotatable bonds is 2. The molecule has 0 spiro atoms. The Balaban J connectivity index is 0.00000208. The van der Waals surface area contributed by atoms with E-state index in [4.69, 9.17) is 9.52 Å². The summed E-state index contributed by atoms with van der Waals surface area (Å²) in [4.78, 5) is 17.2. The first kappa shape index (κ1) is 18.3. The molecule has 1 heterocycles. The number of aliphatic imine (C=N–C) groups is 1. The number of fused-ring (bicyclic) bond motifs is 1. The smallest absolute Gasteiger partial charge is 0.593 e. The Morgan fingerprint density at radius 1 is 1.21 bits per heavy atom. The third-order valence-electron chi connectivity index (χ3n) is 3.67. The van der Waals surface area contributed by atoms with Crippen LogP contribution in [0.25, 0.3) is 11.0 Å². The summed E-state index contributed by atoms with van der Waals surface area (Å²) < 4.78 is 5.37. The molecular formula is C18H17NNiO3S+4. The van der Waals surface area contributed by atoms with Crippen LogP contribution in [-0.2, 0) is 29.1 Å². The van der Waals surface area contributed by atoms with Crippen molar-refractivity contribution in [2.24, 2.45) is 4.99 Å². The summed E-state index contributed by atoms with van der Waals surface area (Å²) in [5.74, 6) is 0.277. The molecule has 0 aliphatic rings. The Bertz CT molecular complexity index is 995. The quantitative estimate of drug-likeness (QED) is 0.294. The van der Waals surface area contributed by atoms with E-state index >= 15 is 0 Å². The van der Waals surface area contributed by atoms with E-state index in [1.165, 1.54) is 6.07 Å². The molecule has 0 atom stereocenters. The second-order valence-corrected chi connectivity index (χ2v) is 5.87. The molecule has 0 saturated carbocycles. The van der Waals surface area contributed by atoms with Crippen molar-refractivity contribution in [2.75, 3.05) is 0 Å². The van der Waals surface area contributed by atoms with E-state index in [0.717, 1.165) is 21.5 Å². The average Bonchev–Trinajstić information content (AvgIpc) is 2.48. The first-order chi connectivity index (χ1) is 11.0. The summed E-state index contributed by atoms with van der Waals surface area (Å²) in [6, 6.07) is 12.5. The van der Waals surface area contributed by atoms with Gasteiger partial charge in [-0.25, -0.2) is 9.79 Å². The van der Waals surface area contributed by atoms with Crippen LogP contribution >= 0.6 is 0 Å². The summed E-state index contributed by atoms with van der Waals surface area (Å²) in [6.07, 6.45) is 0. The van der Waals surface area contributed by atoms with Gasteiger partial charge >= 0.3 is 22.1 Å². The zero-order valence-electron chi connectivity index (χ0n) is 13.1. The van der Waals surface area contributed by atoms with Crippen LogP contribution in [0.15, 0.2) is 61.6 Å². The van der Waals surface area contributed by atoms with Crippen LogP contribution in [0.2, 0.25) is 0 Å². The van der Waals surface area contributed by atoms with E-state index in [1.54, 1.807) is 12.1 Å². The van der Waals surface area contributed by atoms with Crippen LogP contribution < -0.4 is 5.63 Å². The molecule has 1 aromatic heterocycles. The van der Waals surface area contributed by atoms with E-state index in [9.17, 15) is 4.79 Å². The molecule has 4 nitrogen and oxygen atoms in total. The normalized spacial score (nSPS) is 11.4. The SMILES string of the molecule is CC(=Nc1ccccc1[SH2+])c1c([OH2+])ccc2c(C)cc(=O)oc12.[Ni+2].